The van der Waals surface area contributed by atoms with Gasteiger partial charge in [0.1, 0.15) is 24.0 Å². The van der Waals surface area contributed by atoms with E-state index >= 15 is 0 Å². The first-order valence-corrected chi connectivity index (χ1v) is 5.98. The van der Waals surface area contributed by atoms with Crippen molar-refractivity contribution in [3.05, 3.63) is 36.0 Å². The number of para-hydroxylation sites is 1. The summed E-state index contributed by atoms with van der Waals surface area (Å²) in [6, 6.07) is 9.79. The highest BCUT2D eigenvalue weighted by atomic mass is 16.5. The average Bonchev–Trinajstić information content (AvgIpc) is 2.43. The maximum Gasteiger partial charge on any atom is 0.148 e. The minimum absolute atomic E-state index is 0.477. The van der Waals surface area contributed by atoms with Gasteiger partial charge in [0.2, 0.25) is 0 Å². The van der Waals surface area contributed by atoms with E-state index in [2.05, 4.69) is 16.4 Å². The summed E-state index contributed by atoms with van der Waals surface area (Å²) in [6.07, 6.45) is 1.56. The molecule has 0 fully saturated rings. The predicted molar refractivity (Wildman–Crippen MR) is 70.5 cm³/mol. The average molecular weight is 241 g/mol. The third kappa shape index (κ3) is 2.58. The molecule has 0 aliphatic rings. The standard InChI is InChI=1S/C14H15N3O/c1-2-16-7-8-18-14-11(9-15)10-17-13-6-4-3-5-12(13)14/h3-6,10,16H,2,7-8H2,1H3. The van der Waals surface area contributed by atoms with Gasteiger partial charge < -0.3 is 10.1 Å². The largest absolute Gasteiger partial charge is 0.490 e. The molecule has 1 aromatic heterocycles. The minimum atomic E-state index is 0.477. The van der Waals surface area contributed by atoms with Gasteiger partial charge in [-0.15, -0.1) is 0 Å². The van der Waals surface area contributed by atoms with E-state index in [9.17, 15) is 0 Å². The van der Waals surface area contributed by atoms with Crippen LogP contribution in [0.4, 0.5) is 0 Å². The van der Waals surface area contributed by atoms with E-state index in [0.717, 1.165) is 24.0 Å². The smallest absolute Gasteiger partial charge is 0.148 e. The van der Waals surface area contributed by atoms with E-state index in [0.29, 0.717) is 17.9 Å². The zero-order valence-corrected chi connectivity index (χ0v) is 10.3. The third-order valence-electron chi connectivity index (χ3n) is 2.62. The molecule has 2 aromatic rings. The van der Waals surface area contributed by atoms with E-state index in [1.54, 1.807) is 6.20 Å². The van der Waals surface area contributed by atoms with Crippen molar-refractivity contribution in [1.29, 1.82) is 5.26 Å². The summed E-state index contributed by atoms with van der Waals surface area (Å²) >= 11 is 0. The number of hydrogen-bond donors (Lipinski definition) is 1. The molecular formula is C14H15N3O. The van der Waals surface area contributed by atoms with Crippen molar-refractivity contribution >= 4 is 10.9 Å². The quantitative estimate of drug-likeness (QED) is 0.814. The monoisotopic (exact) mass is 241 g/mol. The molecule has 4 heteroatoms. The van der Waals surface area contributed by atoms with Gasteiger partial charge in [-0.05, 0) is 18.7 Å². The van der Waals surface area contributed by atoms with Crippen LogP contribution < -0.4 is 10.1 Å². The summed E-state index contributed by atoms with van der Waals surface area (Å²) in [5.41, 5.74) is 1.32. The molecule has 0 atom stereocenters. The predicted octanol–water partition coefficient (Wildman–Crippen LogP) is 2.09. The molecule has 1 aromatic carbocycles. The lowest BCUT2D eigenvalue weighted by atomic mass is 10.1. The molecule has 18 heavy (non-hydrogen) atoms. The van der Waals surface area contributed by atoms with Crippen molar-refractivity contribution in [3.63, 3.8) is 0 Å². The van der Waals surface area contributed by atoms with Crippen molar-refractivity contribution < 1.29 is 4.74 Å². The summed E-state index contributed by atoms with van der Waals surface area (Å²) in [4.78, 5) is 4.24. The van der Waals surface area contributed by atoms with E-state index in [1.165, 1.54) is 0 Å². The summed E-state index contributed by atoms with van der Waals surface area (Å²) in [5.74, 6) is 0.626. The molecule has 0 saturated carbocycles. The molecule has 2 rings (SSSR count). The van der Waals surface area contributed by atoms with Crippen molar-refractivity contribution in [2.45, 2.75) is 6.92 Å². The molecule has 0 spiro atoms. The zero-order chi connectivity index (χ0) is 12.8. The molecule has 4 nitrogen and oxygen atoms in total. The molecule has 0 saturated heterocycles. The number of likely N-dealkylation sites (N-methyl/N-ethyl adjacent to an activating group) is 1. The van der Waals surface area contributed by atoms with Crippen LogP contribution in [0.3, 0.4) is 0 Å². The normalized spacial score (nSPS) is 10.2. The molecule has 1 heterocycles. The summed E-state index contributed by atoms with van der Waals surface area (Å²) in [6.45, 7) is 4.25. The molecule has 0 aliphatic carbocycles. The van der Waals surface area contributed by atoms with Crippen LogP contribution in [0.2, 0.25) is 0 Å². The fourth-order valence-corrected chi connectivity index (χ4v) is 1.75. The van der Waals surface area contributed by atoms with Gasteiger partial charge in [0.25, 0.3) is 0 Å². The summed E-state index contributed by atoms with van der Waals surface area (Å²) in [7, 11) is 0. The van der Waals surface area contributed by atoms with Crippen LogP contribution in [0.1, 0.15) is 12.5 Å². The van der Waals surface area contributed by atoms with Crippen molar-refractivity contribution in [1.82, 2.24) is 10.3 Å². The molecule has 0 bridgehead atoms. The SMILES string of the molecule is CCNCCOc1c(C#N)cnc2ccccc12. The number of fused-ring (bicyclic) bond motifs is 1. The van der Waals surface area contributed by atoms with Crippen molar-refractivity contribution in [2.75, 3.05) is 19.7 Å². The highest BCUT2D eigenvalue weighted by Gasteiger charge is 2.09. The highest BCUT2D eigenvalue weighted by Crippen LogP contribution is 2.27. The summed E-state index contributed by atoms with van der Waals surface area (Å²) in [5, 5.41) is 13.2. The molecule has 1 N–H and O–H groups in total. The second-order valence-electron chi connectivity index (χ2n) is 3.83. The first-order chi connectivity index (χ1) is 8.86. The Morgan fingerprint density at radius 2 is 2.22 bits per heavy atom. The fraction of sp³-hybridized carbons (Fsp3) is 0.286. The van der Waals surface area contributed by atoms with Gasteiger partial charge in [0, 0.05) is 18.1 Å². The topological polar surface area (TPSA) is 57.9 Å². The van der Waals surface area contributed by atoms with Crippen LogP contribution in [0, 0.1) is 11.3 Å². The summed E-state index contributed by atoms with van der Waals surface area (Å²) < 4.78 is 5.72. The number of nitriles is 1. The molecule has 0 radical (unpaired) electrons. The zero-order valence-electron chi connectivity index (χ0n) is 10.3. The van der Waals surface area contributed by atoms with Gasteiger partial charge in [-0.25, -0.2) is 0 Å². The molecule has 92 valence electrons. The van der Waals surface area contributed by atoms with Gasteiger partial charge in [-0.1, -0.05) is 19.1 Å². The van der Waals surface area contributed by atoms with Crippen LogP contribution in [0.5, 0.6) is 5.75 Å². The second kappa shape index (κ2) is 5.99. The fourth-order valence-electron chi connectivity index (χ4n) is 1.75. The number of rotatable bonds is 5. The maximum atomic E-state index is 9.09. The Kier molecular flexibility index (Phi) is 4.11. The van der Waals surface area contributed by atoms with Gasteiger partial charge in [-0.2, -0.15) is 5.26 Å². The number of hydrogen-bond acceptors (Lipinski definition) is 4. The number of pyridine rings is 1. The van der Waals surface area contributed by atoms with Gasteiger partial charge >= 0.3 is 0 Å². The number of benzene rings is 1. The Hall–Kier alpha value is -2.12. The first kappa shape index (κ1) is 12.3. The Labute approximate surface area is 106 Å². The second-order valence-corrected chi connectivity index (χ2v) is 3.83. The number of nitrogens with one attached hydrogen (secondary N) is 1. The van der Waals surface area contributed by atoms with E-state index in [1.807, 2.05) is 31.2 Å². The Balaban J connectivity index is 2.30. The number of ether oxygens (including phenoxy) is 1. The Morgan fingerprint density at radius 3 is 3.00 bits per heavy atom. The van der Waals surface area contributed by atoms with E-state index in [4.69, 9.17) is 10.00 Å². The van der Waals surface area contributed by atoms with Crippen LogP contribution in [0.15, 0.2) is 30.5 Å². The van der Waals surface area contributed by atoms with Gasteiger partial charge in [-0.3, -0.25) is 4.98 Å². The lowest BCUT2D eigenvalue weighted by Gasteiger charge is -2.10. The number of nitrogens with zero attached hydrogens (tertiary/aromatic N) is 2. The Bertz CT molecular complexity index is 575. The van der Waals surface area contributed by atoms with Crippen LogP contribution >= 0.6 is 0 Å². The van der Waals surface area contributed by atoms with Crippen LogP contribution in [-0.4, -0.2) is 24.7 Å². The Morgan fingerprint density at radius 1 is 1.39 bits per heavy atom. The van der Waals surface area contributed by atoms with Crippen molar-refractivity contribution in [2.24, 2.45) is 0 Å². The third-order valence-corrected chi connectivity index (χ3v) is 2.62. The highest BCUT2D eigenvalue weighted by molar-refractivity contribution is 5.86. The van der Waals surface area contributed by atoms with E-state index in [-0.39, 0.29) is 0 Å². The van der Waals surface area contributed by atoms with Crippen LogP contribution in [-0.2, 0) is 0 Å². The molecule has 0 aliphatic heterocycles. The van der Waals surface area contributed by atoms with Crippen molar-refractivity contribution in [3.8, 4) is 11.8 Å². The maximum absolute atomic E-state index is 9.09. The van der Waals surface area contributed by atoms with Gasteiger partial charge in [0.05, 0.1) is 5.52 Å². The number of aromatic nitrogens is 1. The van der Waals surface area contributed by atoms with Crippen LogP contribution in [0.25, 0.3) is 10.9 Å². The molecular weight excluding hydrogens is 226 g/mol. The van der Waals surface area contributed by atoms with Gasteiger partial charge in [0.15, 0.2) is 0 Å². The molecule has 0 unspecified atom stereocenters. The first-order valence-electron chi connectivity index (χ1n) is 5.98. The lowest BCUT2D eigenvalue weighted by molar-refractivity contribution is 0.318. The van der Waals surface area contributed by atoms with E-state index < -0.39 is 0 Å². The molecule has 0 amide bonds. The minimum Gasteiger partial charge on any atom is -0.490 e. The lowest BCUT2D eigenvalue weighted by Crippen LogP contribution is -2.20.